The van der Waals surface area contributed by atoms with Gasteiger partial charge in [0.25, 0.3) is 0 Å². The van der Waals surface area contributed by atoms with Crippen LogP contribution in [0.15, 0.2) is 0 Å². The van der Waals surface area contributed by atoms with E-state index in [2.05, 4.69) is 6.92 Å². The lowest BCUT2D eigenvalue weighted by molar-refractivity contribution is -0.0255. The molecule has 0 saturated carbocycles. The molecule has 0 spiro atoms. The van der Waals surface area contributed by atoms with Crippen LogP contribution < -0.4 is 0 Å². The molecular weight excluding hydrogens is 236 g/mol. The summed E-state index contributed by atoms with van der Waals surface area (Å²) in [4.78, 5) is 0. The summed E-state index contributed by atoms with van der Waals surface area (Å²) in [5.74, 6) is 0.278. The Morgan fingerprint density at radius 3 is 1.89 bits per heavy atom. The van der Waals surface area contributed by atoms with Crippen LogP contribution >= 0.6 is 0 Å². The first-order valence-electron chi connectivity index (χ1n) is 6.62. The van der Waals surface area contributed by atoms with Crippen molar-refractivity contribution in [1.82, 2.24) is 0 Å². The zero-order valence-corrected chi connectivity index (χ0v) is 11.9. The highest BCUT2D eigenvalue weighted by Gasteiger charge is 2.11. The van der Waals surface area contributed by atoms with E-state index in [1.807, 2.05) is 6.92 Å². The number of methoxy groups -OCH3 is 1. The van der Waals surface area contributed by atoms with Crippen molar-refractivity contribution in [2.24, 2.45) is 5.92 Å². The molecule has 5 heteroatoms. The Hall–Kier alpha value is -0.200. The molecule has 110 valence electrons. The summed E-state index contributed by atoms with van der Waals surface area (Å²) < 4.78 is 20.7. The second kappa shape index (κ2) is 13.2. The van der Waals surface area contributed by atoms with Crippen LogP contribution in [0.4, 0.5) is 0 Å². The standard InChI is InChI=1S/C13H28O5/c1-4-12(2)13(14)11-18-10-9-17-8-7-16-6-5-15-3/h12-14H,4-11H2,1-3H3. The highest BCUT2D eigenvalue weighted by Crippen LogP contribution is 2.07. The van der Waals surface area contributed by atoms with Crippen LogP contribution in [-0.2, 0) is 18.9 Å². The molecule has 0 aromatic carbocycles. The van der Waals surface area contributed by atoms with Gasteiger partial charge in [-0.3, -0.25) is 0 Å². The van der Waals surface area contributed by atoms with Crippen LogP contribution in [0.1, 0.15) is 20.3 Å². The summed E-state index contributed by atoms with van der Waals surface area (Å²) in [7, 11) is 1.64. The second-order valence-electron chi connectivity index (χ2n) is 4.25. The molecule has 0 fully saturated rings. The minimum Gasteiger partial charge on any atom is -0.390 e. The van der Waals surface area contributed by atoms with Crippen LogP contribution in [-0.4, -0.2) is 64.6 Å². The van der Waals surface area contributed by atoms with E-state index in [-0.39, 0.29) is 12.0 Å². The molecule has 18 heavy (non-hydrogen) atoms. The van der Waals surface area contributed by atoms with Gasteiger partial charge in [-0.2, -0.15) is 0 Å². The van der Waals surface area contributed by atoms with Crippen molar-refractivity contribution in [3.05, 3.63) is 0 Å². The average molecular weight is 264 g/mol. The number of ether oxygens (including phenoxy) is 4. The summed E-state index contributed by atoms with van der Waals surface area (Å²) in [6.07, 6.45) is 0.576. The highest BCUT2D eigenvalue weighted by molar-refractivity contribution is 4.61. The van der Waals surface area contributed by atoms with E-state index in [0.717, 1.165) is 6.42 Å². The molecule has 0 saturated heterocycles. The molecule has 2 atom stereocenters. The normalized spacial score (nSPS) is 14.7. The van der Waals surface area contributed by atoms with Crippen molar-refractivity contribution in [1.29, 1.82) is 0 Å². The van der Waals surface area contributed by atoms with Gasteiger partial charge in [-0.15, -0.1) is 0 Å². The van der Waals surface area contributed by atoms with Crippen LogP contribution in [0.25, 0.3) is 0 Å². The number of aliphatic hydroxyl groups is 1. The first-order valence-corrected chi connectivity index (χ1v) is 6.62. The van der Waals surface area contributed by atoms with Gasteiger partial charge < -0.3 is 24.1 Å². The fourth-order valence-electron chi connectivity index (χ4n) is 1.22. The number of aliphatic hydroxyl groups excluding tert-OH is 1. The Balaban J connectivity index is 3.11. The zero-order chi connectivity index (χ0) is 13.6. The number of hydrogen-bond acceptors (Lipinski definition) is 5. The number of hydrogen-bond donors (Lipinski definition) is 1. The minimum absolute atomic E-state index is 0.278. The van der Waals surface area contributed by atoms with Gasteiger partial charge >= 0.3 is 0 Å². The summed E-state index contributed by atoms with van der Waals surface area (Å²) in [6.45, 7) is 7.81. The maximum atomic E-state index is 9.64. The summed E-state index contributed by atoms with van der Waals surface area (Å²) in [5.41, 5.74) is 0. The minimum atomic E-state index is -0.382. The van der Waals surface area contributed by atoms with Crippen molar-refractivity contribution in [3.8, 4) is 0 Å². The maximum Gasteiger partial charge on any atom is 0.0799 e. The Kier molecular flexibility index (Phi) is 13.1. The van der Waals surface area contributed by atoms with E-state index in [1.54, 1.807) is 7.11 Å². The van der Waals surface area contributed by atoms with E-state index >= 15 is 0 Å². The van der Waals surface area contributed by atoms with Gasteiger partial charge in [0.05, 0.1) is 52.4 Å². The van der Waals surface area contributed by atoms with E-state index < -0.39 is 0 Å². The first kappa shape index (κ1) is 17.8. The molecule has 0 bridgehead atoms. The van der Waals surface area contributed by atoms with E-state index in [9.17, 15) is 5.11 Å². The molecule has 5 nitrogen and oxygen atoms in total. The molecule has 0 rings (SSSR count). The van der Waals surface area contributed by atoms with Gasteiger partial charge in [0.15, 0.2) is 0 Å². The molecule has 0 aromatic heterocycles. The highest BCUT2D eigenvalue weighted by atomic mass is 16.6. The average Bonchev–Trinajstić information content (AvgIpc) is 2.39. The molecule has 1 N–H and O–H groups in total. The third-order valence-electron chi connectivity index (χ3n) is 2.77. The number of rotatable bonds is 13. The molecule has 0 aliphatic carbocycles. The van der Waals surface area contributed by atoms with Gasteiger partial charge in [-0.25, -0.2) is 0 Å². The molecule has 0 amide bonds. The molecule has 0 radical (unpaired) electrons. The lowest BCUT2D eigenvalue weighted by Gasteiger charge is -2.16. The molecular formula is C13H28O5. The monoisotopic (exact) mass is 264 g/mol. The predicted octanol–water partition coefficient (Wildman–Crippen LogP) is 1.09. The summed E-state index contributed by atoms with van der Waals surface area (Å²) >= 11 is 0. The lowest BCUT2D eigenvalue weighted by Crippen LogP contribution is -2.24. The van der Waals surface area contributed by atoms with E-state index in [4.69, 9.17) is 18.9 Å². The van der Waals surface area contributed by atoms with Crippen LogP contribution in [0.3, 0.4) is 0 Å². The summed E-state index contributed by atoms with van der Waals surface area (Å²) in [6, 6.07) is 0. The Morgan fingerprint density at radius 1 is 0.889 bits per heavy atom. The molecule has 0 aliphatic rings. The zero-order valence-electron chi connectivity index (χ0n) is 11.9. The maximum absolute atomic E-state index is 9.64. The van der Waals surface area contributed by atoms with Gasteiger partial charge in [0.1, 0.15) is 0 Å². The quantitative estimate of drug-likeness (QED) is 0.505. The van der Waals surface area contributed by atoms with Gasteiger partial charge in [0.2, 0.25) is 0 Å². The Morgan fingerprint density at radius 2 is 1.39 bits per heavy atom. The van der Waals surface area contributed by atoms with Crippen molar-refractivity contribution in [2.75, 3.05) is 53.4 Å². The van der Waals surface area contributed by atoms with Gasteiger partial charge in [-0.05, 0) is 5.92 Å². The van der Waals surface area contributed by atoms with E-state index in [1.165, 1.54) is 0 Å². The van der Waals surface area contributed by atoms with E-state index in [0.29, 0.717) is 46.2 Å². The van der Waals surface area contributed by atoms with Crippen LogP contribution in [0.2, 0.25) is 0 Å². The fourth-order valence-corrected chi connectivity index (χ4v) is 1.22. The third-order valence-corrected chi connectivity index (χ3v) is 2.77. The molecule has 2 unspecified atom stereocenters. The molecule has 0 heterocycles. The topological polar surface area (TPSA) is 57.2 Å². The van der Waals surface area contributed by atoms with Gasteiger partial charge in [0, 0.05) is 7.11 Å². The largest absolute Gasteiger partial charge is 0.390 e. The lowest BCUT2D eigenvalue weighted by atomic mass is 10.0. The van der Waals surface area contributed by atoms with Crippen molar-refractivity contribution < 1.29 is 24.1 Å². The Bertz CT molecular complexity index is 165. The predicted molar refractivity (Wildman–Crippen MR) is 69.8 cm³/mol. The van der Waals surface area contributed by atoms with Crippen molar-refractivity contribution in [3.63, 3.8) is 0 Å². The molecule has 0 aromatic rings. The Labute approximate surface area is 110 Å². The van der Waals surface area contributed by atoms with Gasteiger partial charge in [-0.1, -0.05) is 20.3 Å². The third kappa shape index (κ3) is 10.9. The smallest absolute Gasteiger partial charge is 0.0799 e. The SMILES string of the molecule is CCC(C)C(O)COCCOCCOCCOC. The second-order valence-corrected chi connectivity index (χ2v) is 4.25. The van der Waals surface area contributed by atoms with Crippen molar-refractivity contribution >= 4 is 0 Å². The fraction of sp³-hybridized carbons (Fsp3) is 1.00. The van der Waals surface area contributed by atoms with Crippen LogP contribution in [0, 0.1) is 5.92 Å². The van der Waals surface area contributed by atoms with Crippen molar-refractivity contribution in [2.45, 2.75) is 26.4 Å². The van der Waals surface area contributed by atoms with Crippen LogP contribution in [0.5, 0.6) is 0 Å². The molecule has 0 aliphatic heterocycles. The summed E-state index contributed by atoms with van der Waals surface area (Å²) in [5, 5.41) is 9.64. The first-order chi connectivity index (χ1) is 8.72.